The lowest BCUT2D eigenvalue weighted by Gasteiger charge is -2.18. The number of halogens is 1. The summed E-state index contributed by atoms with van der Waals surface area (Å²) in [4.78, 5) is 4.23. The average Bonchev–Trinajstić information content (AvgIpc) is 2.85. The Hall–Kier alpha value is 0. The molecule has 0 amide bonds. The van der Waals surface area contributed by atoms with E-state index in [-0.39, 0.29) is 24.0 Å². The van der Waals surface area contributed by atoms with Gasteiger partial charge in [-0.2, -0.15) is 0 Å². The van der Waals surface area contributed by atoms with Crippen LogP contribution in [0.4, 0.5) is 0 Å². The van der Waals surface area contributed by atoms with E-state index in [0.717, 1.165) is 18.4 Å². The first-order chi connectivity index (χ1) is 7.42. The van der Waals surface area contributed by atoms with Crippen molar-refractivity contribution in [3.05, 3.63) is 0 Å². The zero-order valence-corrected chi connectivity index (χ0v) is 14.2. The fourth-order valence-corrected chi connectivity index (χ4v) is 1.72. The molecule has 1 saturated carbocycles. The molecule has 1 fully saturated rings. The molecule has 0 aromatic carbocycles. The maximum atomic E-state index is 4.23. The van der Waals surface area contributed by atoms with Crippen LogP contribution in [-0.4, -0.2) is 25.6 Å². The first-order valence-electron chi connectivity index (χ1n) is 6.39. The lowest BCUT2D eigenvalue weighted by atomic mass is 9.91. The molecular formula is C13H28IN3. The highest BCUT2D eigenvalue weighted by Gasteiger charge is 2.33. The Morgan fingerprint density at radius 3 is 2.35 bits per heavy atom. The summed E-state index contributed by atoms with van der Waals surface area (Å²) in [6.07, 6.45) is 3.73. The van der Waals surface area contributed by atoms with Crippen LogP contribution in [0.15, 0.2) is 4.99 Å². The van der Waals surface area contributed by atoms with Crippen molar-refractivity contribution >= 4 is 29.9 Å². The molecule has 102 valence electrons. The van der Waals surface area contributed by atoms with Gasteiger partial charge in [-0.05, 0) is 30.6 Å². The van der Waals surface area contributed by atoms with Crippen LogP contribution in [0.25, 0.3) is 0 Å². The molecular weight excluding hydrogens is 325 g/mol. The standard InChI is InChI=1S/C13H27N3.HI/c1-10-9-11(10)16-12(14-5)15-8-6-7-13(2,3)4;/h10-11H,6-9H2,1-5H3,(H2,14,15,16);1H. The van der Waals surface area contributed by atoms with Gasteiger partial charge in [0.1, 0.15) is 0 Å². The van der Waals surface area contributed by atoms with Gasteiger partial charge in [-0.25, -0.2) is 0 Å². The van der Waals surface area contributed by atoms with Gasteiger partial charge in [-0.15, -0.1) is 24.0 Å². The average molecular weight is 353 g/mol. The second kappa shape index (κ2) is 7.44. The second-order valence-electron chi connectivity index (χ2n) is 6.13. The van der Waals surface area contributed by atoms with Crippen molar-refractivity contribution in [1.82, 2.24) is 10.6 Å². The molecule has 0 aromatic rings. The third kappa shape index (κ3) is 7.84. The molecule has 3 nitrogen and oxygen atoms in total. The van der Waals surface area contributed by atoms with Crippen molar-refractivity contribution in [3.8, 4) is 0 Å². The highest BCUT2D eigenvalue weighted by Crippen LogP contribution is 2.28. The van der Waals surface area contributed by atoms with Crippen molar-refractivity contribution in [2.45, 2.75) is 53.0 Å². The normalized spacial score (nSPS) is 23.9. The third-order valence-electron chi connectivity index (χ3n) is 3.05. The van der Waals surface area contributed by atoms with Crippen LogP contribution in [0.5, 0.6) is 0 Å². The quantitative estimate of drug-likeness (QED) is 0.353. The minimum absolute atomic E-state index is 0. The van der Waals surface area contributed by atoms with Gasteiger partial charge < -0.3 is 10.6 Å². The molecule has 2 N–H and O–H groups in total. The molecule has 1 aliphatic rings. The van der Waals surface area contributed by atoms with Gasteiger partial charge in [0.2, 0.25) is 0 Å². The van der Waals surface area contributed by atoms with Crippen molar-refractivity contribution in [3.63, 3.8) is 0 Å². The molecule has 2 unspecified atom stereocenters. The SMILES string of the molecule is CN=C(NCCCC(C)(C)C)NC1CC1C.I. The number of aliphatic imine (C=N–C) groups is 1. The molecule has 0 bridgehead atoms. The van der Waals surface area contributed by atoms with Crippen LogP contribution in [0, 0.1) is 11.3 Å². The van der Waals surface area contributed by atoms with Crippen molar-refractivity contribution in [1.29, 1.82) is 0 Å². The number of hydrogen-bond donors (Lipinski definition) is 2. The van der Waals surface area contributed by atoms with Gasteiger partial charge in [0.25, 0.3) is 0 Å². The van der Waals surface area contributed by atoms with Crippen molar-refractivity contribution in [2.75, 3.05) is 13.6 Å². The lowest BCUT2D eigenvalue weighted by molar-refractivity contribution is 0.365. The minimum Gasteiger partial charge on any atom is -0.356 e. The molecule has 1 aliphatic carbocycles. The minimum atomic E-state index is 0. The number of rotatable bonds is 4. The van der Waals surface area contributed by atoms with E-state index in [2.05, 4.69) is 43.3 Å². The molecule has 4 heteroatoms. The summed E-state index contributed by atoms with van der Waals surface area (Å²) in [6.45, 7) is 10.1. The summed E-state index contributed by atoms with van der Waals surface area (Å²) in [6, 6.07) is 0.647. The Morgan fingerprint density at radius 2 is 1.94 bits per heavy atom. The number of guanidine groups is 1. The van der Waals surface area contributed by atoms with Crippen molar-refractivity contribution < 1.29 is 0 Å². The van der Waals surface area contributed by atoms with Crippen LogP contribution in [0.2, 0.25) is 0 Å². The molecule has 0 heterocycles. The van der Waals surface area contributed by atoms with E-state index < -0.39 is 0 Å². The van der Waals surface area contributed by atoms with E-state index in [1.54, 1.807) is 0 Å². The summed E-state index contributed by atoms with van der Waals surface area (Å²) >= 11 is 0. The van der Waals surface area contributed by atoms with Gasteiger partial charge in [0.05, 0.1) is 0 Å². The van der Waals surface area contributed by atoms with E-state index in [4.69, 9.17) is 0 Å². The summed E-state index contributed by atoms with van der Waals surface area (Å²) in [5.74, 6) is 1.77. The molecule has 2 atom stereocenters. The molecule has 0 aromatic heterocycles. The Labute approximate surface area is 123 Å². The van der Waals surface area contributed by atoms with Crippen LogP contribution in [0.1, 0.15) is 47.0 Å². The Bertz CT molecular complexity index is 246. The largest absolute Gasteiger partial charge is 0.356 e. The van der Waals surface area contributed by atoms with E-state index in [1.807, 2.05) is 7.05 Å². The van der Waals surface area contributed by atoms with Crippen LogP contribution < -0.4 is 10.6 Å². The van der Waals surface area contributed by atoms with Gasteiger partial charge in [-0.3, -0.25) is 4.99 Å². The van der Waals surface area contributed by atoms with Gasteiger partial charge in [-0.1, -0.05) is 27.7 Å². The van der Waals surface area contributed by atoms with Gasteiger partial charge in [0, 0.05) is 19.6 Å². The van der Waals surface area contributed by atoms with E-state index >= 15 is 0 Å². The summed E-state index contributed by atoms with van der Waals surface area (Å²) < 4.78 is 0. The van der Waals surface area contributed by atoms with Gasteiger partial charge >= 0.3 is 0 Å². The maximum Gasteiger partial charge on any atom is 0.191 e. The zero-order chi connectivity index (χ0) is 12.2. The smallest absolute Gasteiger partial charge is 0.191 e. The summed E-state index contributed by atoms with van der Waals surface area (Å²) in [5.41, 5.74) is 0.434. The first-order valence-corrected chi connectivity index (χ1v) is 6.39. The monoisotopic (exact) mass is 353 g/mol. The number of hydrogen-bond acceptors (Lipinski definition) is 1. The molecule has 0 aliphatic heterocycles. The van der Waals surface area contributed by atoms with Gasteiger partial charge in [0.15, 0.2) is 5.96 Å². The molecule has 0 spiro atoms. The fraction of sp³-hybridized carbons (Fsp3) is 0.923. The Morgan fingerprint density at radius 1 is 1.35 bits per heavy atom. The maximum absolute atomic E-state index is 4.23. The Balaban J connectivity index is 0.00000256. The second-order valence-corrected chi connectivity index (χ2v) is 6.13. The molecule has 0 saturated heterocycles. The van der Waals surface area contributed by atoms with Crippen LogP contribution in [-0.2, 0) is 0 Å². The fourth-order valence-electron chi connectivity index (χ4n) is 1.72. The van der Waals surface area contributed by atoms with Crippen molar-refractivity contribution in [2.24, 2.45) is 16.3 Å². The summed E-state index contributed by atoms with van der Waals surface area (Å²) in [7, 11) is 1.84. The lowest BCUT2D eigenvalue weighted by Crippen LogP contribution is -2.39. The predicted octanol–water partition coefficient (Wildman–Crippen LogP) is 3.00. The molecule has 0 radical (unpaired) electrons. The van der Waals surface area contributed by atoms with E-state index in [1.165, 1.54) is 19.3 Å². The number of nitrogens with zero attached hydrogens (tertiary/aromatic N) is 1. The van der Waals surface area contributed by atoms with Crippen LogP contribution >= 0.6 is 24.0 Å². The topological polar surface area (TPSA) is 36.4 Å². The molecule has 1 rings (SSSR count). The Kier molecular flexibility index (Phi) is 7.44. The summed E-state index contributed by atoms with van der Waals surface area (Å²) in [5, 5.41) is 6.80. The van der Waals surface area contributed by atoms with E-state index in [0.29, 0.717) is 11.5 Å². The highest BCUT2D eigenvalue weighted by atomic mass is 127. The van der Waals surface area contributed by atoms with Crippen LogP contribution in [0.3, 0.4) is 0 Å². The molecule has 17 heavy (non-hydrogen) atoms. The third-order valence-corrected chi connectivity index (χ3v) is 3.05. The predicted molar refractivity (Wildman–Crippen MR) is 86.2 cm³/mol. The van der Waals surface area contributed by atoms with E-state index in [9.17, 15) is 0 Å². The highest BCUT2D eigenvalue weighted by molar-refractivity contribution is 14.0. The first kappa shape index (κ1) is 17.0. The number of nitrogens with one attached hydrogen (secondary N) is 2. The zero-order valence-electron chi connectivity index (χ0n) is 11.8.